The van der Waals surface area contributed by atoms with E-state index >= 15 is 0 Å². The highest BCUT2D eigenvalue weighted by molar-refractivity contribution is 6.32. The van der Waals surface area contributed by atoms with Gasteiger partial charge in [0.05, 0.1) is 23.3 Å². The number of likely N-dealkylation sites (tertiary alicyclic amines) is 2. The molecule has 0 amide bonds. The average molecular weight is 740 g/mol. The molecule has 4 heterocycles. The van der Waals surface area contributed by atoms with Gasteiger partial charge in [-0.05, 0) is 81.0 Å². The van der Waals surface area contributed by atoms with Crippen molar-refractivity contribution in [2.24, 2.45) is 0 Å². The molecule has 2 aromatic heterocycles. The highest BCUT2D eigenvalue weighted by Crippen LogP contribution is 2.37. The molecular formula is C41H46ClN5O6. The van der Waals surface area contributed by atoms with Crippen LogP contribution in [0.1, 0.15) is 65.5 Å². The topological polar surface area (TPSA) is 141 Å². The number of benzene rings is 2. The molecule has 278 valence electrons. The molecule has 2 aliphatic rings. The van der Waals surface area contributed by atoms with Crippen LogP contribution in [0.3, 0.4) is 0 Å². The quantitative estimate of drug-likeness (QED) is 0.126. The predicted molar refractivity (Wildman–Crippen MR) is 201 cm³/mol. The van der Waals surface area contributed by atoms with E-state index in [2.05, 4.69) is 33.9 Å². The molecule has 0 saturated carbocycles. The minimum atomic E-state index is -0.839. The van der Waals surface area contributed by atoms with Crippen molar-refractivity contribution in [2.45, 2.75) is 77.9 Å². The number of carboxylic acids is 1. The van der Waals surface area contributed by atoms with Gasteiger partial charge in [0.2, 0.25) is 0 Å². The molecule has 0 radical (unpaired) electrons. The molecule has 0 bridgehead atoms. The first-order valence-corrected chi connectivity index (χ1v) is 18.5. The molecule has 0 unspecified atom stereocenters. The van der Waals surface area contributed by atoms with Crippen LogP contribution in [-0.2, 0) is 24.6 Å². The molecule has 2 N–H and O–H groups in total. The Morgan fingerprint density at radius 3 is 2.55 bits per heavy atom. The van der Waals surface area contributed by atoms with E-state index in [1.165, 1.54) is 6.20 Å². The van der Waals surface area contributed by atoms with Crippen molar-refractivity contribution in [2.75, 3.05) is 32.8 Å². The highest BCUT2D eigenvalue weighted by atomic mass is 35.5. The van der Waals surface area contributed by atoms with Gasteiger partial charge in [-0.1, -0.05) is 30.2 Å². The number of aliphatic carboxylic acids is 1. The SMILES string of the molecule is Cc1c(COc2cc(OCc3cncc(C#N)c3)c(CN3CCCC[C@H]3C(=O)O)cc2Cl)cncc1-c1cccc(OCCCN2CC[C@@H](O)C2)c1C. The van der Waals surface area contributed by atoms with E-state index in [1.54, 1.807) is 30.6 Å². The van der Waals surface area contributed by atoms with E-state index in [9.17, 15) is 20.3 Å². The molecule has 12 heteroatoms. The van der Waals surface area contributed by atoms with Gasteiger partial charge in [-0.3, -0.25) is 19.7 Å². The molecule has 0 aliphatic carbocycles. The molecule has 2 saturated heterocycles. The van der Waals surface area contributed by atoms with Crippen molar-refractivity contribution in [3.05, 3.63) is 99.6 Å². The van der Waals surface area contributed by atoms with Crippen molar-refractivity contribution >= 4 is 17.6 Å². The number of carboxylic acid groups (broad SMARTS) is 1. The zero-order valence-electron chi connectivity index (χ0n) is 30.3. The number of rotatable bonds is 15. The molecule has 0 spiro atoms. The molecule has 2 aromatic carbocycles. The van der Waals surface area contributed by atoms with Crippen molar-refractivity contribution in [1.29, 1.82) is 5.26 Å². The van der Waals surface area contributed by atoms with E-state index in [0.717, 1.165) is 90.0 Å². The Bertz CT molecular complexity index is 1950. The third-order valence-corrected chi connectivity index (χ3v) is 10.4. The Hall–Kier alpha value is -4.73. The number of aliphatic hydroxyl groups is 1. The fraction of sp³-hybridized carbons (Fsp3) is 0.415. The summed E-state index contributed by atoms with van der Waals surface area (Å²) >= 11 is 6.84. The average Bonchev–Trinajstić information content (AvgIpc) is 3.58. The van der Waals surface area contributed by atoms with E-state index < -0.39 is 12.0 Å². The monoisotopic (exact) mass is 739 g/mol. The molecule has 2 aliphatic heterocycles. The van der Waals surface area contributed by atoms with Gasteiger partial charge in [-0.2, -0.15) is 5.26 Å². The minimum absolute atomic E-state index is 0.148. The second-order valence-electron chi connectivity index (χ2n) is 13.8. The minimum Gasteiger partial charge on any atom is -0.493 e. The third kappa shape index (κ3) is 9.64. The van der Waals surface area contributed by atoms with Crippen molar-refractivity contribution in [1.82, 2.24) is 19.8 Å². The summed E-state index contributed by atoms with van der Waals surface area (Å²) in [4.78, 5) is 25.0. The summed E-state index contributed by atoms with van der Waals surface area (Å²) in [6.45, 7) is 8.61. The summed E-state index contributed by atoms with van der Waals surface area (Å²) < 4.78 is 18.8. The van der Waals surface area contributed by atoms with Crippen LogP contribution in [0.15, 0.2) is 61.2 Å². The van der Waals surface area contributed by atoms with Crippen molar-refractivity contribution in [3.8, 4) is 34.4 Å². The summed E-state index contributed by atoms with van der Waals surface area (Å²) in [5.74, 6) is 0.922. The molecule has 2 fully saturated rings. The first-order valence-electron chi connectivity index (χ1n) is 18.2. The molecule has 4 aromatic rings. The second-order valence-corrected chi connectivity index (χ2v) is 14.2. The molecule has 53 heavy (non-hydrogen) atoms. The van der Waals surface area contributed by atoms with Gasteiger partial charge in [0.1, 0.15) is 42.6 Å². The van der Waals surface area contributed by atoms with Gasteiger partial charge in [0, 0.05) is 79.3 Å². The van der Waals surface area contributed by atoms with E-state index in [0.29, 0.717) is 48.2 Å². The Labute approximate surface area is 315 Å². The van der Waals surface area contributed by atoms with Crippen LogP contribution in [0, 0.1) is 25.2 Å². The largest absolute Gasteiger partial charge is 0.493 e. The number of hydrogen-bond acceptors (Lipinski definition) is 10. The van der Waals surface area contributed by atoms with Crippen molar-refractivity contribution in [3.63, 3.8) is 0 Å². The molecule has 2 atom stereocenters. The lowest BCUT2D eigenvalue weighted by molar-refractivity contribution is -0.144. The highest BCUT2D eigenvalue weighted by Gasteiger charge is 2.29. The third-order valence-electron chi connectivity index (χ3n) is 10.1. The number of aromatic nitrogens is 2. The Kier molecular flexibility index (Phi) is 12.8. The van der Waals surface area contributed by atoms with Gasteiger partial charge in [-0.15, -0.1) is 0 Å². The standard InChI is InChI=1S/C41H46ClN5O6/c1-27-32(21-45-22-35(27)34-7-5-9-38(28(34)2)51-14-6-11-46-13-10-33(48)24-46)26-53-40-17-39(52-25-30-15-29(18-43)19-44-20-30)31(16-36(40)42)23-47-12-4-3-8-37(47)41(49)50/h5,7,9,15-17,19-22,33,37,48H,3-4,6,8,10-14,23-26H2,1-2H3,(H,49,50)/t33-,37+/m1/s1. The summed E-state index contributed by atoms with van der Waals surface area (Å²) in [5, 5.41) is 29.4. The fourth-order valence-corrected chi connectivity index (χ4v) is 7.34. The zero-order valence-corrected chi connectivity index (χ0v) is 31.0. The first-order chi connectivity index (χ1) is 25.7. The number of pyridine rings is 2. The van der Waals surface area contributed by atoms with Crippen LogP contribution in [0.25, 0.3) is 11.1 Å². The van der Waals surface area contributed by atoms with Crippen LogP contribution >= 0.6 is 11.6 Å². The van der Waals surface area contributed by atoms with Gasteiger partial charge in [0.15, 0.2) is 0 Å². The van der Waals surface area contributed by atoms with Crippen LogP contribution < -0.4 is 14.2 Å². The number of halogens is 1. The van der Waals surface area contributed by atoms with E-state index in [4.69, 9.17) is 25.8 Å². The summed E-state index contributed by atoms with van der Waals surface area (Å²) in [7, 11) is 0. The summed E-state index contributed by atoms with van der Waals surface area (Å²) in [5.41, 5.74) is 6.84. The number of nitriles is 1. The van der Waals surface area contributed by atoms with Crippen molar-refractivity contribution < 1.29 is 29.2 Å². The molecule has 11 nitrogen and oxygen atoms in total. The number of nitrogens with zero attached hydrogens (tertiary/aromatic N) is 5. The summed E-state index contributed by atoms with van der Waals surface area (Å²) in [6, 6.07) is 12.8. The van der Waals surface area contributed by atoms with Crippen LogP contribution in [0.4, 0.5) is 0 Å². The Balaban J connectivity index is 1.18. The Morgan fingerprint density at radius 1 is 0.925 bits per heavy atom. The van der Waals surface area contributed by atoms with Gasteiger partial charge in [-0.25, -0.2) is 0 Å². The Morgan fingerprint density at radius 2 is 1.75 bits per heavy atom. The van der Waals surface area contributed by atoms with Crippen LogP contribution in [0.2, 0.25) is 5.02 Å². The number of β-amino-alcohol motifs (C(OH)–C–C–N with tert-alkyl or cyclic N) is 1. The predicted octanol–water partition coefficient (Wildman–Crippen LogP) is 6.72. The number of piperidine rings is 1. The number of aliphatic hydroxyl groups excluding tert-OH is 1. The number of ether oxygens (including phenoxy) is 3. The maximum Gasteiger partial charge on any atom is 0.320 e. The number of carbonyl (C=O) groups is 1. The first kappa shape index (κ1) is 38.0. The maximum atomic E-state index is 12.1. The lowest BCUT2D eigenvalue weighted by atomic mass is 9.95. The summed E-state index contributed by atoms with van der Waals surface area (Å²) in [6.07, 6.45) is 10.7. The molecular weight excluding hydrogens is 694 g/mol. The fourth-order valence-electron chi connectivity index (χ4n) is 7.10. The van der Waals surface area contributed by atoms with E-state index in [-0.39, 0.29) is 19.3 Å². The van der Waals surface area contributed by atoms with Crippen LogP contribution in [-0.4, -0.2) is 80.9 Å². The second kappa shape index (κ2) is 17.9. The number of hydrogen-bond donors (Lipinski definition) is 2. The van der Waals surface area contributed by atoms with E-state index in [1.807, 2.05) is 30.2 Å². The lowest BCUT2D eigenvalue weighted by Crippen LogP contribution is -2.44. The molecule has 6 rings (SSSR count). The van der Waals surface area contributed by atoms with Gasteiger partial charge < -0.3 is 29.3 Å². The smallest absolute Gasteiger partial charge is 0.320 e. The van der Waals surface area contributed by atoms with Gasteiger partial charge >= 0.3 is 5.97 Å². The van der Waals surface area contributed by atoms with Gasteiger partial charge in [0.25, 0.3) is 0 Å². The normalized spacial score (nSPS) is 17.7. The van der Waals surface area contributed by atoms with Crippen LogP contribution in [0.5, 0.6) is 17.2 Å². The maximum absolute atomic E-state index is 12.1. The zero-order chi connectivity index (χ0) is 37.3. The lowest BCUT2D eigenvalue weighted by Gasteiger charge is -2.33.